The van der Waals surface area contributed by atoms with Crippen molar-refractivity contribution in [1.29, 1.82) is 0 Å². The maximum Gasteiger partial charge on any atom is 0.271 e. The van der Waals surface area contributed by atoms with E-state index in [4.69, 9.17) is 23.2 Å². The quantitative estimate of drug-likeness (QED) is 0.556. The number of hydrogen-bond acceptors (Lipinski definition) is 4. The molecular formula is C16H14Cl2N2O3S. The summed E-state index contributed by atoms with van der Waals surface area (Å²) in [5.74, 6) is 0.440. The van der Waals surface area contributed by atoms with Gasteiger partial charge in [-0.15, -0.1) is 11.8 Å². The summed E-state index contributed by atoms with van der Waals surface area (Å²) < 4.78 is 0. The number of carbonyl (C=O) groups is 1. The highest BCUT2D eigenvalue weighted by Crippen LogP contribution is 2.28. The largest absolute Gasteiger partial charge is 0.325 e. The van der Waals surface area contributed by atoms with E-state index in [0.29, 0.717) is 21.5 Å². The van der Waals surface area contributed by atoms with Crippen LogP contribution in [0, 0.1) is 17.0 Å². The first-order valence-corrected chi connectivity index (χ1v) is 8.85. The van der Waals surface area contributed by atoms with Gasteiger partial charge >= 0.3 is 0 Å². The first kappa shape index (κ1) is 18.6. The molecule has 2 aromatic rings. The Hall–Kier alpha value is -1.76. The van der Waals surface area contributed by atoms with Gasteiger partial charge in [0.1, 0.15) is 0 Å². The number of benzene rings is 2. The fourth-order valence-electron chi connectivity index (χ4n) is 1.96. The van der Waals surface area contributed by atoms with Gasteiger partial charge in [-0.1, -0.05) is 35.3 Å². The van der Waals surface area contributed by atoms with Crippen molar-refractivity contribution in [2.24, 2.45) is 0 Å². The average Bonchev–Trinajstić information content (AvgIpc) is 2.52. The number of nitro benzene ring substituents is 1. The highest BCUT2D eigenvalue weighted by molar-refractivity contribution is 7.99. The lowest BCUT2D eigenvalue weighted by Crippen LogP contribution is -2.15. The van der Waals surface area contributed by atoms with Gasteiger partial charge in [0.15, 0.2) is 0 Å². The van der Waals surface area contributed by atoms with Gasteiger partial charge in [-0.25, -0.2) is 0 Å². The third-order valence-corrected chi connectivity index (χ3v) is 4.91. The van der Waals surface area contributed by atoms with Crippen molar-refractivity contribution in [3.63, 3.8) is 0 Å². The Labute approximate surface area is 153 Å². The zero-order valence-electron chi connectivity index (χ0n) is 12.7. The molecule has 0 aliphatic carbocycles. The summed E-state index contributed by atoms with van der Waals surface area (Å²) in [6.45, 7) is 1.77. The minimum atomic E-state index is -0.497. The smallest absolute Gasteiger partial charge is 0.271 e. The maximum atomic E-state index is 12.0. The lowest BCUT2D eigenvalue weighted by atomic mass is 10.2. The molecule has 0 aliphatic rings. The van der Waals surface area contributed by atoms with E-state index in [2.05, 4.69) is 5.32 Å². The molecule has 8 heteroatoms. The Kier molecular flexibility index (Phi) is 6.48. The Balaban J connectivity index is 1.94. The van der Waals surface area contributed by atoms with Crippen LogP contribution in [-0.4, -0.2) is 16.6 Å². The van der Waals surface area contributed by atoms with Gasteiger partial charge in [0.25, 0.3) is 5.69 Å². The molecule has 0 aliphatic heterocycles. The van der Waals surface area contributed by atoms with Crippen molar-refractivity contribution in [3.8, 4) is 0 Å². The number of thioether (sulfide) groups is 1. The van der Waals surface area contributed by atoms with E-state index in [1.807, 2.05) is 0 Å². The first-order valence-electron chi connectivity index (χ1n) is 6.94. The van der Waals surface area contributed by atoms with E-state index in [-0.39, 0.29) is 17.3 Å². The standard InChI is InChI=1S/C16H14Cl2N2O3S/c1-10-5-6-11(20(22)23)7-15(10)19-16(21)9-24-8-12-13(17)3-2-4-14(12)18/h2-7H,8-9H2,1H3,(H,19,21). The third-order valence-electron chi connectivity index (χ3n) is 3.25. The first-order chi connectivity index (χ1) is 11.4. The van der Waals surface area contributed by atoms with Crippen LogP contribution in [0.1, 0.15) is 11.1 Å². The number of nitrogens with one attached hydrogen (secondary N) is 1. The molecule has 24 heavy (non-hydrogen) atoms. The van der Waals surface area contributed by atoms with Crippen LogP contribution in [0.5, 0.6) is 0 Å². The molecule has 2 aromatic carbocycles. The average molecular weight is 385 g/mol. The van der Waals surface area contributed by atoms with Gasteiger partial charge in [0.2, 0.25) is 5.91 Å². The van der Waals surface area contributed by atoms with Crippen LogP contribution in [-0.2, 0) is 10.5 Å². The summed E-state index contributed by atoms with van der Waals surface area (Å²) >= 11 is 13.5. The zero-order valence-corrected chi connectivity index (χ0v) is 15.0. The summed E-state index contributed by atoms with van der Waals surface area (Å²) in [4.78, 5) is 22.3. The number of anilines is 1. The number of nitrogens with zero attached hydrogens (tertiary/aromatic N) is 1. The monoisotopic (exact) mass is 384 g/mol. The number of amides is 1. The molecule has 0 heterocycles. The molecule has 5 nitrogen and oxygen atoms in total. The summed E-state index contributed by atoms with van der Waals surface area (Å²) in [5.41, 5.74) is 1.91. The number of rotatable bonds is 6. The van der Waals surface area contributed by atoms with Gasteiger partial charge in [0.05, 0.1) is 16.4 Å². The predicted octanol–water partition coefficient (Wildman–Crippen LogP) is 5.08. The van der Waals surface area contributed by atoms with Crippen molar-refractivity contribution in [1.82, 2.24) is 0 Å². The molecule has 0 bridgehead atoms. The molecule has 1 N–H and O–H groups in total. The number of carbonyl (C=O) groups excluding carboxylic acids is 1. The number of aryl methyl sites for hydroxylation is 1. The fraction of sp³-hybridized carbons (Fsp3) is 0.188. The minimum Gasteiger partial charge on any atom is -0.325 e. The number of nitro groups is 1. The Morgan fingerprint density at radius 2 is 1.92 bits per heavy atom. The topological polar surface area (TPSA) is 72.2 Å². The van der Waals surface area contributed by atoms with E-state index < -0.39 is 4.92 Å². The molecule has 126 valence electrons. The molecule has 0 fully saturated rings. The highest BCUT2D eigenvalue weighted by atomic mass is 35.5. The molecule has 0 radical (unpaired) electrons. The summed E-state index contributed by atoms with van der Waals surface area (Å²) in [6, 6.07) is 9.61. The van der Waals surface area contributed by atoms with E-state index in [9.17, 15) is 14.9 Å². The maximum absolute atomic E-state index is 12.0. The lowest BCUT2D eigenvalue weighted by Gasteiger charge is -2.09. The number of hydrogen-bond donors (Lipinski definition) is 1. The fourth-order valence-corrected chi connectivity index (χ4v) is 3.52. The van der Waals surface area contributed by atoms with E-state index in [0.717, 1.165) is 11.1 Å². The van der Waals surface area contributed by atoms with Crippen LogP contribution in [0.4, 0.5) is 11.4 Å². The van der Waals surface area contributed by atoms with Crippen molar-refractivity contribution in [2.75, 3.05) is 11.1 Å². The van der Waals surface area contributed by atoms with E-state index in [1.54, 1.807) is 31.2 Å². The molecular weight excluding hydrogens is 371 g/mol. The highest BCUT2D eigenvalue weighted by Gasteiger charge is 2.12. The van der Waals surface area contributed by atoms with Crippen LogP contribution in [0.3, 0.4) is 0 Å². The second-order valence-electron chi connectivity index (χ2n) is 5.00. The van der Waals surface area contributed by atoms with Gasteiger partial charge in [0, 0.05) is 27.9 Å². The normalized spacial score (nSPS) is 10.5. The van der Waals surface area contributed by atoms with Crippen LogP contribution < -0.4 is 5.32 Å². The molecule has 0 spiro atoms. The van der Waals surface area contributed by atoms with Gasteiger partial charge < -0.3 is 5.32 Å². The van der Waals surface area contributed by atoms with Crippen LogP contribution in [0.25, 0.3) is 0 Å². The SMILES string of the molecule is Cc1ccc([N+](=O)[O-])cc1NC(=O)CSCc1c(Cl)cccc1Cl. The molecule has 0 saturated carbocycles. The number of non-ortho nitro benzene ring substituents is 1. The van der Waals surface area contributed by atoms with Crippen LogP contribution in [0.15, 0.2) is 36.4 Å². The predicted molar refractivity (Wildman–Crippen MR) is 99.1 cm³/mol. The van der Waals surface area contributed by atoms with Crippen molar-refractivity contribution >= 4 is 52.2 Å². The van der Waals surface area contributed by atoms with E-state index in [1.165, 1.54) is 23.9 Å². The Morgan fingerprint density at radius 1 is 1.25 bits per heavy atom. The minimum absolute atomic E-state index is 0.0635. The van der Waals surface area contributed by atoms with Gasteiger partial charge in [-0.2, -0.15) is 0 Å². The molecule has 0 atom stereocenters. The molecule has 0 aromatic heterocycles. The lowest BCUT2D eigenvalue weighted by molar-refractivity contribution is -0.384. The summed E-state index contributed by atoms with van der Waals surface area (Å²) in [7, 11) is 0. The second kappa shape index (κ2) is 8.37. The zero-order chi connectivity index (χ0) is 17.7. The third kappa shape index (κ3) is 4.87. The summed E-state index contributed by atoms with van der Waals surface area (Å²) in [6.07, 6.45) is 0. The van der Waals surface area contributed by atoms with Crippen LogP contribution in [0.2, 0.25) is 10.0 Å². The molecule has 2 rings (SSSR count). The van der Waals surface area contributed by atoms with Gasteiger partial charge in [-0.05, 0) is 30.2 Å². The Bertz CT molecular complexity index is 764. The van der Waals surface area contributed by atoms with Crippen LogP contribution >= 0.6 is 35.0 Å². The molecule has 0 saturated heterocycles. The second-order valence-corrected chi connectivity index (χ2v) is 6.80. The number of halogens is 2. The molecule has 1 amide bonds. The van der Waals surface area contributed by atoms with E-state index >= 15 is 0 Å². The Morgan fingerprint density at radius 3 is 2.54 bits per heavy atom. The summed E-state index contributed by atoms with van der Waals surface area (Å²) in [5, 5.41) is 14.6. The van der Waals surface area contributed by atoms with Crippen molar-refractivity contribution in [3.05, 3.63) is 67.7 Å². The van der Waals surface area contributed by atoms with Crippen molar-refractivity contribution in [2.45, 2.75) is 12.7 Å². The molecule has 0 unspecified atom stereocenters. The van der Waals surface area contributed by atoms with Gasteiger partial charge in [-0.3, -0.25) is 14.9 Å². The van der Waals surface area contributed by atoms with Crippen molar-refractivity contribution < 1.29 is 9.72 Å².